The summed E-state index contributed by atoms with van der Waals surface area (Å²) in [6.07, 6.45) is 3.35. The second kappa shape index (κ2) is 6.83. The quantitative estimate of drug-likeness (QED) is 0.805. The molecule has 0 aliphatic carbocycles. The number of aryl methyl sites for hydroxylation is 3. The molecule has 2 rings (SSSR count). The molecule has 0 aliphatic heterocycles. The molecule has 0 aromatic carbocycles. The van der Waals surface area contributed by atoms with Crippen LogP contribution in [-0.4, -0.2) is 26.2 Å². The van der Waals surface area contributed by atoms with Crippen molar-refractivity contribution >= 4 is 11.7 Å². The molecule has 2 aromatic heterocycles. The standard InChI is InChI=1S/C13H19N5O2/c1-3-5-10-15-13(20-18-10)7-6-12(19)14-11-8-9(4-2)16-17-11/h8H,3-7H2,1-2H3,(H2,14,16,17,19). The lowest BCUT2D eigenvalue weighted by molar-refractivity contribution is -0.116. The SMILES string of the molecule is CCCc1noc(CCC(=O)Nc2cc(CC)[nH]n2)n1. The summed E-state index contributed by atoms with van der Waals surface area (Å²) in [7, 11) is 0. The molecule has 2 N–H and O–H groups in total. The number of nitrogens with zero attached hydrogens (tertiary/aromatic N) is 3. The number of hydrogen-bond donors (Lipinski definition) is 2. The van der Waals surface area contributed by atoms with Crippen molar-refractivity contribution in [2.75, 3.05) is 5.32 Å². The summed E-state index contributed by atoms with van der Waals surface area (Å²) < 4.78 is 5.08. The normalized spacial score (nSPS) is 10.7. The Morgan fingerprint density at radius 3 is 2.95 bits per heavy atom. The lowest BCUT2D eigenvalue weighted by Gasteiger charge is -1.98. The number of H-pyrrole nitrogens is 1. The first kappa shape index (κ1) is 14.2. The number of nitrogens with one attached hydrogen (secondary N) is 2. The van der Waals surface area contributed by atoms with Gasteiger partial charge in [-0.15, -0.1) is 0 Å². The molecule has 7 heteroatoms. The van der Waals surface area contributed by atoms with Crippen LogP contribution in [0.15, 0.2) is 10.6 Å². The third-order valence-corrected chi connectivity index (χ3v) is 2.83. The summed E-state index contributed by atoms with van der Waals surface area (Å²) in [5.74, 6) is 1.63. The Hall–Kier alpha value is -2.18. The van der Waals surface area contributed by atoms with Crippen LogP contribution in [0, 0.1) is 0 Å². The molecule has 0 radical (unpaired) electrons. The first-order valence-electron chi connectivity index (χ1n) is 6.86. The minimum atomic E-state index is -0.116. The maximum atomic E-state index is 11.8. The van der Waals surface area contributed by atoms with Crippen LogP contribution in [0.3, 0.4) is 0 Å². The van der Waals surface area contributed by atoms with E-state index in [9.17, 15) is 4.79 Å². The minimum Gasteiger partial charge on any atom is -0.339 e. The third-order valence-electron chi connectivity index (χ3n) is 2.83. The second-order valence-electron chi connectivity index (χ2n) is 4.53. The monoisotopic (exact) mass is 277 g/mol. The highest BCUT2D eigenvalue weighted by Crippen LogP contribution is 2.08. The molecular weight excluding hydrogens is 258 g/mol. The van der Waals surface area contributed by atoms with Crippen LogP contribution in [0.4, 0.5) is 5.82 Å². The highest BCUT2D eigenvalue weighted by atomic mass is 16.5. The first-order chi connectivity index (χ1) is 9.71. The van der Waals surface area contributed by atoms with E-state index in [0.717, 1.165) is 25.0 Å². The number of hydrogen-bond acceptors (Lipinski definition) is 5. The maximum absolute atomic E-state index is 11.8. The van der Waals surface area contributed by atoms with E-state index in [2.05, 4.69) is 32.6 Å². The lowest BCUT2D eigenvalue weighted by Crippen LogP contribution is -2.12. The van der Waals surface area contributed by atoms with Crippen LogP contribution in [0.2, 0.25) is 0 Å². The van der Waals surface area contributed by atoms with E-state index in [0.29, 0.717) is 30.4 Å². The van der Waals surface area contributed by atoms with Crippen molar-refractivity contribution in [3.05, 3.63) is 23.5 Å². The molecule has 1 amide bonds. The molecule has 2 heterocycles. The summed E-state index contributed by atoms with van der Waals surface area (Å²) in [6, 6.07) is 1.82. The molecule has 7 nitrogen and oxygen atoms in total. The van der Waals surface area contributed by atoms with E-state index in [-0.39, 0.29) is 5.91 Å². The Morgan fingerprint density at radius 2 is 2.25 bits per heavy atom. The van der Waals surface area contributed by atoms with Crippen LogP contribution in [-0.2, 0) is 24.1 Å². The summed E-state index contributed by atoms with van der Waals surface area (Å²) in [5, 5.41) is 13.4. The molecule has 0 saturated carbocycles. The van der Waals surface area contributed by atoms with Gasteiger partial charge < -0.3 is 9.84 Å². The van der Waals surface area contributed by atoms with Gasteiger partial charge in [-0.3, -0.25) is 9.89 Å². The number of carbonyl (C=O) groups excluding carboxylic acids is 1. The highest BCUT2D eigenvalue weighted by molar-refractivity contribution is 5.89. The molecule has 108 valence electrons. The minimum absolute atomic E-state index is 0.116. The van der Waals surface area contributed by atoms with E-state index >= 15 is 0 Å². The van der Waals surface area contributed by atoms with Gasteiger partial charge >= 0.3 is 0 Å². The van der Waals surface area contributed by atoms with Crippen LogP contribution < -0.4 is 5.32 Å². The average molecular weight is 277 g/mol. The molecule has 0 fully saturated rings. The van der Waals surface area contributed by atoms with Crippen LogP contribution in [0.1, 0.15) is 44.1 Å². The molecule has 0 aliphatic rings. The zero-order valence-electron chi connectivity index (χ0n) is 11.8. The van der Waals surface area contributed by atoms with Crippen molar-refractivity contribution in [2.24, 2.45) is 0 Å². The van der Waals surface area contributed by atoms with Gasteiger partial charge in [0.25, 0.3) is 0 Å². The number of aromatic nitrogens is 4. The molecule has 0 saturated heterocycles. The predicted molar refractivity (Wildman–Crippen MR) is 73.2 cm³/mol. The average Bonchev–Trinajstić information content (AvgIpc) is 3.06. The van der Waals surface area contributed by atoms with Crippen LogP contribution in [0.25, 0.3) is 0 Å². The van der Waals surface area contributed by atoms with Gasteiger partial charge in [0.05, 0.1) is 0 Å². The zero-order chi connectivity index (χ0) is 14.4. The van der Waals surface area contributed by atoms with Crippen molar-refractivity contribution in [3.63, 3.8) is 0 Å². The largest absolute Gasteiger partial charge is 0.339 e. The first-order valence-corrected chi connectivity index (χ1v) is 6.86. The van der Waals surface area contributed by atoms with E-state index in [1.807, 2.05) is 13.0 Å². The molecule has 0 bridgehead atoms. The third kappa shape index (κ3) is 3.91. The fraction of sp³-hybridized carbons (Fsp3) is 0.538. The Morgan fingerprint density at radius 1 is 1.40 bits per heavy atom. The predicted octanol–water partition coefficient (Wildman–Crippen LogP) is 1.88. The Labute approximate surface area is 117 Å². The van der Waals surface area contributed by atoms with Gasteiger partial charge in [0, 0.05) is 31.0 Å². The number of carbonyl (C=O) groups is 1. The van der Waals surface area contributed by atoms with Gasteiger partial charge in [-0.25, -0.2) is 0 Å². The van der Waals surface area contributed by atoms with Crippen molar-refractivity contribution < 1.29 is 9.32 Å². The van der Waals surface area contributed by atoms with E-state index < -0.39 is 0 Å². The second-order valence-corrected chi connectivity index (χ2v) is 4.53. The molecule has 0 atom stereocenters. The smallest absolute Gasteiger partial charge is 0.227 e. The van der Waals surface area contributed by atoms with Crippen molar-refractivity contribution in [3.8, 4) is 0 Å². The van der Waals surface area contributed by atoms with Crippen molar-refractivity contribution in [1.29, 1.82) is 0 Å². The molecular formula is C13H19N5O2. The summed E-state index contributed by atoms with van der Waals surface area (Å²) >= 11 is 0. The summed E-state index contributed by atoms with van der Waals surface area (Å²) in [6.45, 7) is 4.07. The fourth-order valence-electron chi connectivity index (χ4n) is 1.75. The van der Waals surface area contributed by atoms with Crippen LogP contribution >= 0.6 is 0 Å². The van der Waals surface area contributed by atoms with E-state index in [1.165, 1.54) is 0 Å². The van der Waals surface area contributed by atoms with Gasteiger partial charge in [-0.05, 0) is 12.8 Å². The van der Waals surface area contributed by atoms with Gasteiger partial charge in [-0.1, -0.05) is 19.0 Å². The van der Waals surface area contributed by atoms with Gasteiger partial charge in [-0.2, -0.15) is 10.1 Å². The molecule has 20 heavy (non-hydrogen) atoms. The number of anilines is 1. The van der Waals surface area contributed by atoms with Crippen LogP contribution in [0.5, 0.6) is 0 Å². The van der Waals surface area contributed by atoms with Crippen molar-refractivity contribution in [2.45, 2.75) is 46.0 Å². The number of rotatable bonds is 7. The number of amides is 1. The lowest BCUT2D eigenvalue weighted by atomic mass is 10.3. The maximum Gasteiger partial charge on any atom is 0.227 e. The van der Waals surface area contributed by atoms with E-state index in [1.54, 1.807) is 0 Å². The Balaban J connectivity index is 1.79. The Bertz CT molecular complexity index is 561. The zero-order valence-corrected chi connectivity index (χ0v) is 11.8. The van der Waals surface area contributed by atoms with Gasteiger partial charge in [0.2, 0.25) is 11.8 Å². The van der Waals surface area contributed by atoms with Gasteiger partial charge in [0.15, 0.2) is 11.6 Å². The summed E-state index contributed by atoms with van der Waals surface area (Å²) in [5.41, 5.74) is 0.987. The number of aromatic amines is 1. The topological polar surface area (TPSA) is 96.7 Å². The van der Waals surface area contributed by atoms with E-state index in [4.69, 9.17) is 4.52 Å². The van der Waals surface area contributed by atoms with Crippen molar-refractivity contribution in [1.82, 2.24) is 20.3 Å². The summed E-state index contributed by atoms with van der Waals surface area (Å²) in [4.78, 5) is 16.0. The van der Waals surface area contributed by atoms with Gasteiger partial charge in [0.1, 0.15) is 0 Å². The fourth-order valence-corrected chi connectivity index (χ4v) is 1.75. The molecule has 0 unspecified atom stereocenters. The Kier molecular flexibility index (Phi) is 4.86. The molecule has 2 aromatic rings. The molecule has 0 spiro atoms. The highest BCUT2D eigenvalue weighted by Gasteiger charge is 2.10.